The van der Waals surface area contributed by atoms with Crippen molar-refractivity contribution in [3.8, 4) is 17.2 Å². The van der Waals surface area contributed by atoms with Crippen molar-refractivity contribution in [3.63, 3.8) is 0 Å². The minimum atomic E-state index is 0.305. The fourth-order valence-corrected chi connectivity index (χ4v) is 3.24. The third kappa shape index (κ3) is 3.26. The third-order valence-electron chi connectivity index (χ3n) is 4.59. The Morgan fingerprint density at radius 2 is 1.86 bits per heavy atom. The normalized spacial score (nSPS) is 24.1. The fraction of sp³-hybridized carbons (Fsp3) is 0.647. The van der Waals surface area contributed by atoms with E-state index in [0.717, 1.165) is 48.1 Å². The van der Waals surface area contributed by atoms with E-state index in [1.807, 2.05) is 19.2 Å². The van der Waals surface area contributed by atoms with Gasteiger partial charge in [0.2, 0.25) is 6.79 Å². The number of hydrogen-bond donors (Lipinski definition) is 1. The van der Waals surface area contributed by atoms with Crippen LogP contribution in [0.4, 0.5) is 0 Å². The predicted molar refractivity (Wildman–Crippen MR) is 82.0 cm³/mol. The third-order valence-corrected chi connectivity index (χ3v) is 4.59. The largest absolute Gasteiger partial charge is 0.490 e. The summed E-state index contributed by atoms with van der Waals surface area (Å²) in [6.45, 7) is 3.37. The van der Waals surface area contributed by atoms with Gasteiger partial charge >= 0.3 is 0 Å². The highest BCUT2D eigenvalue weighted by molar-refractivity contribution is 5.51. The lowest BCUT2D eigenvalue weighted by molar-refractivity contribution is 0.128. The van der Waals surface area contributed by atoms with Gasteiger partial charge in [-0.3, -0.25) is 0 Å². The van der Waals surface area contributed by atoms with E-state index in [2.05, 4.69) is 12.2 Å². The maximum Gasteiger partial charge on any atom is 0.231 e. The highest BCUT2D eigenvalue weighted by atomic mass is 16.7. The summed E-state index contributed by atoms with van der Waals surface area (Å²) >= 11 is 0. The van der Waals surface area contributed by atoms with Gasteiger partial charge in [0.25, 0.3) is 0 Å². The van der Waals surface area contributed by atoms with Crippen molar-refractivity contribution < 1.29 is 14.2 Å². The Balaban J connectivity index is 1.72. The highest BCUT2D eigenvalue weighted by Crippen LogP contribution is 2.39. The molecule has 1 aliphatic heterocycles. The zero-order valence-corrected chi connectivity index (χ0v) is 13.0. The molecular formula is C17H25NO3. The summed E-state index contributed by atoms with van der Waals surface area (Å²) in [5, 5.41) is 3.19. The number of rotatable bonds is 5. The van der Waals surface area contributed by atoms with Gasteiger partial charge < -0.3 is 19.5 Å². The second-order valence-corrected chi connectivity index (χ2v) is 6.01. The van der Waals surface area contributed by atoms with Crippen LogP contribution < -0.4 is 19.5 Å². The average molecular weight is 291 g/mol. The van der Waals surface area contributed by atoms with Gasteiger partial charge in [-0.25, -0.2) is 0 Å². The monoisotopic (exact) mass is 291 g/mol. The van der Waals surface area contributed by atoms with E-state index in [-0.39, 0.29) is 0 Å². The Kier molecular flexibility index (Phi) is 4.54. The van der Waals surface area contributed by atoms with Crippen molar-refractivity contribution in [3.05, 3.63) is 17.7 Å². The van der Waals surface area contributed by atoms with E-state index in [1.54, 1.807) is 0 Å². The molecule has 0 spiro atoms. The van der Waals surface area contributed by atoms with Crippen LogP contribution >= 0.6 is 0 Å². The van der Waals surface area contributed by atoms with Crippen LogP contribution in [0, 0.1) is 5.92 Å². The van der Waals surface area contributed by atoms with Crippen molar-refractivity contribution in [2.45, 2.75) is 51.7 Å². The van der Waals surface area contributed by atoms with Crippen molar-refractivity contribution >= 4 is 0 Å². The van der Waals surface area contributed by atoms with Crippen molar-refractivity contribution in [1.82, 2.24) is 5.32 Å². The maximum atomic E-state index is 6.28. The molecule has 21 heavy (non-hydrogen) atoms. The molecule has 116 valence electrons. The Morgan fingerprint density at radius 1 is 1.14 bits per heavy atom. The molecule has 1 aromatic rings. The number of benzene rings is 1. The van der Waals surface area contributed by atoms with E-state index >= 15 is 0 Å². The van der Waals surface area contributed by atoms with Crippen molar-refractivity contribution in [2.75, 3.05) is 13.8 Å². The minimum absolute atomic E-state index is 0.305. The fourth-order valence-electron chi connectivity index (χ4n) is 3.24. The number of hydrogen-bond acceptors (Lipinski definition) is 4. The van der Waals surface area contributed by atoms with E-state index in [9.17, 15) is 0 Å². The van der Waals surface area contributed by atoms with Gasteiger partial charge in [0, 0.05) is 18.2 Å². The molecule has 4 nitrogen and oxygen atoms in total. The summed E-state index contributed by atoms with van der Waals surface area (Å²) in [6.07, 6.45) is 6.52. The minimum Gasteiger partial charge on any atom is -0.490 e. The Labute approximate surface area is 126 Å². The zero-order valence-electron chi connectivity index (χ0n) is 13.0. The highest BCUT2D eigenvalue weighted by Gasteiger charge is 2.24. The second kappa shape index (κ2) is 6.56. The molecule has 1 aromatic carbocycles. The maximum absolute atomic E-state index is 6.28. The lowest BCUT2D eigenvalue weighted by atomic mass is 9.86. The molecule has 1 heterocycles. The zero-order chi connectivity index (χ0) is 14.7. The van der Waals surface area contributed by atoms with Gasteiger partial charge in [0.1, 0.15) is 5.75 Å². The van der Waals surface area contributed by atoms with Crippen molar-refractivity contribution in [2.24, 2.45) is 5.92 Å². The summed E-state index contributed by atoms with van der Waals surface area (Å²) in [4.78, 5) is 0. The van der Waals surface area contributed by atoms with Gasteiger partial charge in [-0.2, -0.15) is 0 Å². The van der Waals surface area contributed by atoms with Gasteiger partial charge in [-0.05, 0) is 44.7 Å². The number of ether oxygens (including phenoxy) is 3. The first kappa shape index (κ1) is 14.5. The number of fused-ring (bicyclic) bond motifs is 1. The van der Waals surface area contributed by atoms with Gasteiger partial charge in [-0.1, -0.05) is 13.3 Å². The first-order chi connectivity index (χ1) is 10.3. The summed E-state index contributed by atoms with van der Waals surface area (Å²) < 4.78 is 17.2. The molecule has 2 aliphatic rings. The summed E-state index contributed by atoms with van der Waals surface area (Å²) in [5.74, 6) is 3.45. The van der Waals surface area contributed by atoms with Gasteiger partial charge in [0.05, 0.1) is 6.10 Å². The van der Waals surface area contributed by atoms with E-state index < -0.39 is 0 Å². The molecule has 1 saturated carbocycles. The van der Waals surface area contributed by atoms with Crippen LogP contribution in [-0.2, 0) is 6.54 Å². The summed E-state index contributed by atoms with van der Waals surface area (Å²) in [7, 11) is 1.95. The van der Waals surface area contributed by atoms with Crippen LogP contribution in [0.25, 0.3) is 0 Å². The van der Waals surface area contributed by atoms with E-state index in [1.165, 1.54) is 19.3 Å². The van der Waals surface area contributed by atoms with Crippen LogP contribution in [0.3, 0.4) is 0 Å². The number of nitrogens with one attached hydrogen (secondary N) is 1. The van der Waals surface area contributed by atoms with E-state index in [0.29, 0.717) is 12.9 Å². The Hall–Kier alpha value is -1.42. The smallest absolute Gasteiger partial charge is 0.231 e. The van der Waals surface area contributed by atoms with Crippen LogP contribution in [0.1, 0.15) is 44.6 Å². The predicted octanol–water partition coefficient (Wildman–Crippen LogP) is 3.48. The van der Waals surface area contributed by atoms with Crippen LogP contribution in [0.2, 0.25) is 0 Å². The topological polar surface area (TPSA) is 39.7 Å². The van der Waals surface area contributed by atoms with Crippen LogP contribution in [-0.4, -0.2) is 19.9 Å². The molecule has 0 saturated heterocycles. The lowest BCUT2D eigenvalue weighted by Gasteiger charge is -2.29. The Morgan fingerprint density at radius 3 is 2.52 bits per heavy atom. The Bertz CT molecular complexity index is 481. The molecule has 0 atom stereocenters. The summed E-state index contributed by atoms with van der Waals surface area (Å²) in [5.41, 5.74) is 1.14. The van der Waals surface area contributed by atoms with Gasteiger partial charge in [0.15, 0.2) is 11.5 Å². The molecule has 4 heteroatoms. The first-order valence-corrected chi connectivity index (χ1v) is 8.04. The first-order valence-electron chi connectivity index (χ1n) is 8.04. The van der Waals surface area contributed by atoms with E-state index in [4.69, 9.17) is 14.2 Å². The molecule has 1 fully saturated rings. The quantitative estimate of drug-likeness (QED) is 0.901. The lowest BCUT2D eigenvalue weighted by Crippen LogP contribution is -2.24. The second-order valence-electron chi connectivity index (χ2n) is 6.01. The molecule has 0 bridgehead atoms. The molecule has 3 rings (SSSR count). The van der Waals surface area contributed by atoms with Crippen LogP contribution in [0.5, 0.6) is 17.2 Å². The molecule has 0 unspecified atom stereocenters. The molecule has 1 N–H and O–H groups in total. The van der Waals surface area contributed by atoms with Crippen molar-refractivity contribution in [1.29, 1.82) is 0 Å². The molecule has 0 amide bonds. The SMILES string of the molecule is CCC1CCC(Oc2cc3c(cc2CNC)OCO3)CC1. The average Bonchev–Trinajstić information content (AvgIpc) is 2.96. The standard InChI is InChI=1S/C17H25NO3/c1-3-12-4-6-14(7-5-12)21-15-9-17-16(19-11-20-17)8-13(15)10-18-2/h8-9,12,14,18H,3-7,10-11H2,1-2H3. The summed E-state index contributed by atoms with van der Waals surface area (Å²) in [6, 6.07) is 4.02. The molecular weight excluding hydrogens is 266 g/mol. The molecule has 0 aromatic heterocycles. The molecule has 1 aliphatic carbocycles. The molecule has 0 radical (unpaired) electrons. The van der Waals surface area contributed by atoms with Crippen LogP contribution in [0.15, 0.2) is 12.1 Å². The van der Waals surface area contributed by atoms with Gasteiger partial charge in [-0.15, -0.1) is 0 Å².